The number of hydrogen-bond acceptors (Lipinski definition) is 0. The molecule has 0 spiro atoms. The van der Waals surface area contributed by atoms with Crippen LogP contribution in [0.4, 0.5) is 0 Å². The molecule has 0 saturated heterocycles. The maximum absolute atomic E-state index is 2.45. The molecule has 0 fully saturated rings. The molecule has 2 aromatic heterocycles. The molecule has 8 rings (SSSR count). The van der Waals surface area contributed by atoms with Gasteiger partial charge < -0.3 is 9.13 Å². The Bertz CT molecular complexity index is 1890. The van der Waals surface area contributed by atoms with E-state index in [0.717, 1.165) is 25.7 Å². The minimum atomic E-state index is 1.08. The first kappa shape index (κ1) is 21.5. The van der Waals surface area contributed by atoms with Crippen LogP contribution in [0.3, 0.4) is 0 Å². The Balaban J connectivity index is 1.17. The number of rotatable bonds is 3. The van der Waals surface area contributed by atoms with Crippen LogP contribution in [-0.4, -0.2) is 9.13 Å². The summed E-state index contributed by atoms with van der Waals surface area (Å²) in [6.45, 7) is 0. The molecule has 0 atom stereocenters. The van der Waals surface area contributed by atoms with Gasteiger partial charge in [0.15, 0.2) is 0 Å². The summed E-state index contributed by atoms with van der Waals surface area (Å²) in [4.78, 5) is 0. The lowest BCUT2D eigenvalue weighted by atomic mass is 10.0. The van der Waals surface area contributed by atoms with Gasteiger partial charge in [-0.25, -0.2) is 0 Å². The Kier molecular flexibility index (Phi) is 4.81. The maximum atomic E-state index is 2.45. The highest BCUT2D eigenvalue weighted by atomic mass is 15.0. The van der Waals surface area contributed by atoms with Gasteiger partial charge in [0, 0.05) is 39.1 Å². The van der Waals surface area contributed by atoms with Gasteiger partial charge in [0.1, 0.15) is 0 Å². The highest BCUT2D eigenvalue weighted by Crippen LogP contribution is 2.36. The van der Waals surface area contributed by atoms with E-state index in [-0.39, 0.29) is 0 Å². The minimum Gasteiger partial charge on any atom is -0.313 e. The van der Waals surface area contributed by atoms with Crippen molar-refractivity contribution in [1.82, 2.24) is 9.13 Å². The molecule has 0 N–H and O–H groups in total. The van der Waals surface area contributed by atoms with Crippen molar-refractivity contribution in [3.63, 3.8) is 0 Å². The van der Waals surface area contributed by atoms with Crippen molar-refractivity contribution in [1.29, 1.82) is 0 Å². The number of benzene rings is 4. The SMILES string of the molecule is C1=Cc2c(c3ccccc3n2-c2ccc(-c3ccc(-n4c5c(c6ccccc64)C=CCC5)cc3)cc2)CC1. The van der Waals surface area contributed by atoms with Crippen LogP contribution in [0.1, 0.15) is 35.4 Å². The van der Waals surface area contributed by atoms with Gasteiger partial charge in [-0.05, 0) is 84.8 Å². The number of aryl methyl sites for hydroxylation is 1. The fourth-order valence-electron chi connectivity index (χ4n) is 6.54. The van der Waals surface area contributed by atoms with E-state index in [2.05, 4.69) is 131 Å². The van der Waals surface area contributed by atoms with Crippen LogP contribution in [0.25, 0.3) is 56.5 Å². The van der Waals surface area contributed by atoms with E-state index in [1.165, 1.54) is 66.8 Å². The molecule has 0 unspecified atom stereocenters. The number of nitrogens with zero attached hydrogens (tertiary/aromatic N) is 2. The summed E-state index contributed by atoms with van der Waals surface area (Å²) < 4.78 is 4.87. The van der Waals surface area contributed by atoms with Crippen LogP contribution in [0.15, 0.2) is 109 Å². The zero-order valence-electron chi connectivity index (χ0n) is 21.3. The van der Waals surface area contributed by atoms with Crippen molar-refractivity contribution in [3.8, 4) is 22.5 Å². The first-order valence-electron chi connectivity index (χ1n) is 13.7. The van der Waals surface area contributed by atoms with E-state index in [4.69, 9.17) is 0 Å². The molecule has 0 amide bonds. The summed E-state index contributed by atoms with van der Waals surface area (Å²) in [7, 11) is 0. The average molecular weight is 489 g/mol. The molecular weight excluding hydrogens is 460 g/mol. The molecule has 2 aliphatic carbocycles. The quantitative estimate of drug-likeness (QED) is 0.235. The molecule has 4 aromatic carbocycles. The van der Waals surface area contributed by atoms with Crippen LogP contribution >= 0.6 is 0 Å². The summed E-state index contributed by atoms with van der Waals surface area (Å²) >= 11 is 0. The predicted molar refractivity (Wildman–Crippen MR) is 160 cm³/mol. The summed E-state index contributed by atoms with van der Waals surface area (Å²) in [6.07, 6.45) is 13.6. The van der Waals surface area contributed by atoms with Gasteiger partial charge >= 0.3 is 0 Å². The van der Waals surface area contributed by atoms with Gasteiger partial charge in [-0.15, -0.1) is 0 Å². The van der Waals surface area contributed by atoms with E-state index in [9.17, 15) is 0 Å². The summed E-state index contributed by atoms with van der Waals surface area (Å²) in [5.74, 6) is 0. The van der Waals surface area contributed by atoms with Crippen molar-refractivity contribution in [2.24, 2.45) is 0 Å². The second kappa shape index (κ2) is 8.49. The second-order valence-electron chi connectivity index (χ2n) is 10.4. The fraction of sp³-hybridized carbons (Fsp3) is 0.111. The lowest BCUT2D eigenvalue weighted by Crippen LogP contribution is -2.02. The smallest absolute Gasteiger partial charge is 0.0537 e. The Labute approximate surface area is 222 Å². The zero-order chi connectivity index (χ0) is 25.1. The average Bonchev–Trinajstić information content (AvgIpc) is 3.51. The Morgan fingerprint density at radius 3 is 1.82 bits per heavy atom. The number of aromatic nitrogens is 2. The van der Waals surface area contributed by atoms with E-state index in [0.29, 0.717) is 0 Å². The minimum absolute atomic E-state index is 1.08. The van der Waals surface area contributed by atoms with Crippen molar-refractivity contribution < 1.29 is 0 Å². The van der Waals surface area contributed by atoms with Gasteiger partial charge in [0.05, 0.1) is 11.0 Å². The third kappa shape index (κ3) is 3.20. The molecule has 0 aliphatic heterocycles. The monoisotopic (exact) mass is 488 g/mol. The molecule has 38 heavy (non-hydrogen) atoms. The molecule has 0 saturated carbocycles. The van der Waals surface area contributed by atoms with Crippen LogP contribution in [-0.2, 0) is 12.8 Å². The standard InChI is InChI=1S/C36H28N2/c1-5-13-33-29(9-1)30-10-2-6-14-34(30)37(33)27-21-17-25(18-22-27)26-19-23-28(24-20-26)38-35-15-7-3-11-31(35)32-12-4-8-16-36(32)38/h1-3,5,7-11,13,15-24H,4,6,12,14H2. The van der Waals surface area contributed by atoms with Crippen LogP contribution < -0.4 is 0 Å². The van der Waals surface area contributed by atoms with E-state index in [1.54, 1.807) is 0 Å². The van der Waals surface area contributed by atoms with Crippen molar-refractivity contribution in [2.75, 3.05) is 0 Å². The van der Waals surface area contributed by atoms with Crippen LogP contribution in [0.5, 0.6) is 0 Å². The molecular formula is C36H28N2. The Morgan fingerprint density at radius 1 is 0.500 bits per heavy atom. The van der Waals surface area contributed by atoms with Crippen LogP contribution in [0.2, 0.25) is 0 Å². The van der Waals surface area contributed by atoms with Gasteiger partial charge in [-0.2, -0.15) is 0 Å². The molecule has 2 aliphatic rings. The molecule has 0 radical (unpaired) electrons. The molecule has 6 aromatic rings. The zero-order valence-corrected chi connectivity index (χ0v) is 21.3. The van der Waals surface area contributed by atoms with Crippen molar-refractivity contribution in [2.45, 2.75) is 25.7 Å². The topological polar surface area (TPSA) is 9.86 Å². The summed E-state index contributed by atoms with van der Waals surface area (Å²) in [6, 6.07) is 35.7. The van der Waals surface area contributed by atoms with E-state index >= 15 is 0 Å². The van der Waals surface area contributed by atoms with Gasteiger partial charge in [0.25, 0.3) is 0 Å². The lowest BCUT2D eigenvalue weighted by Gasteiger charge is -2.14. The largest absolute Gasteiger partial charge is 0.313 e. The molecule has 182 valence electrons. The molecule has 0 bridgehead atoms. The molecule has 2 heterocycles. The first-order valence-corrected chi connectivity index (χ1v) is 13.7. The molecule has 2 nitrogen and oxygen atoms in total. The summed E-state index contributed by atoms with van der Waals surface area (Å²) in [5, 5.41) is 2.72. The number of para-hydroxylation sites is 2. The first-order chi connectivity index (χ1) is 18.9. The van der Waals surface area contributed by atoms with Crippen molar-refractivity contribution >= 4 is 34.0 Å². The predicted octanol–water partition coefficient (Wildman–Crippen LogP) is 9.16. The van der Waals surface area contributed by atoms with E-state index in [1.807, 2.05) is 0 Å². The van der Waals surface area contributed by atoms with Crippen LogP contribution in [0, 0.1) is 0 Å². The van der Waals surface area contributed by atoms with Gasteiger partial charge in [-0.1, -0.05) is 78.9 Å². The Morgan fingerprint density at radius 2 is 1.08 bits per heavy atom. The highest BCUT2D eigenvalue weighted by molar-refractivity contribution is 5.93. The van der Waals surface area contributed by atoms with Crippen molar-refractivity contribution in [3.05, 3.63) is 132 Å². The number of hydrogen-bond donors (Lipinski definition) is 0. The number of fused-ring (bicyclic) bond motifs is 6. The summed E-state index contributed by atoms with van der Waals surface area (Å²) in [5.41, 5.74) is 13.1. The van der Waals surface area contributed by atoms with E-state index < -0.39 is 0 Å². The fourth-order valence-corrected chi connectivity index (χ4v) is 6.54. The Hall–Kier alpha value is -4.56. The third-order valence-electron chi connectivity index (χ3n) is 8.29. The maximum Gasteiger partial charge on any atom is 0.0537 e. The lowest BCUT2D eigenvalue weighted by molar-refractivity contribution is 0.888. The highest BCUT2D eigenvalue weighted by Gasteiger charge is 2.19. The third-order valence-corrected chi connectivity index (χ3v) is 8.29. The number of allylic oxidation sites excluding steroid dienone is 2. The van der Waals surface area contributed by atoms with Gasteiger partial charge in [0.2, 0.25) is 0 Å². The molecule has 2 heteroatoms. The van der Waals surface area contributed by atoms with Gasteiger partial charge in [-0.3, -0.25) is 0 Å². The normalized spacial score (nSPS) is 14.2. The second-order valence-corrected chi connectivity index (χ2v) is 10.4.